The largest absolute Gasteiger partial charge is 0.397 e. The predicted molar refractivity (Wildman–Crippen MR) is 58.4 cm³/mol. The van der Waals surface area contributed by atoms with Crippen LogP contribution in [0.2, 0.25) is 0 Å². The van der Waals surface area contributed by atoms with Gasteiger partial charge in [-0.05, 0) is 19.4 Å². The number of nitrogens with two attached hydrogens (primary N) is 2. The van der Waals surface area contributed by atoms with Crippen LogP contribution in [-0.4, -0.2) is 10.5 Å². The van der Waals surface area contributed by atoms with Gasteiger partial charge in [0.2, 0.25) is 5.91 Å². The molecule has 82 valence electrons. The first-order valence-corrected chi connectivity index (χ1v) is 4.76. The van der Waals surface area contributed by atoms with E-state index in [0.29, 0.717) is 17.8 Å². The van der Waals surface area contributed by atoms with Crippen LogP contribution < -0.4 is 17.0 Å². The van der Waals surface area contributed by atoms with Gasteiger partial charge in [-0.25, -0.2) is 0 Å². The Hall–Kier alpha value is -1.78. The Morgan fingerprint density at radius 2 is 2.13 bits per heavy atom. The smallest absolute Gasteiger partial charge is 0.251 e. The molecule has 1 atom stereocenters. The number of hydrogen-bond donors (Lipinski definition) is 2. The number of nitrogen functional groups attached to an aromatic ring is 1. The van der Waals surface area contributed by atoms with Crippen molar-refractivity contribution < 1.29 is 4.79 Å². The van der Waals surface area contributed by atoms with E-state index < -0.39 is 11.9 Å². The van der Waals surface area contributed by atoms with Gasteiger partial charge in [0.15, 0.2) is 0 Å². The fraction of sp³-hybridized carbons (Fsp3) is 0.400. The molecule has 1 unspecified atom stereocenters. The van der Waals surface area contributed by atoms with Gasteiger partial charge in [-0.15, -0.1) is 0 Å². The highest BCUT2D eigenvalue weighted by molar-refractivity contribution is 5.78. The lowest BCUT2D eigenvalue weighted by Gasteiger charge is -2.18. The molecule has 1 rings (SSSR count). The van der Waals surface area contributed by atoms with Gasteiger partial charge in [0.05, 0.1) is 5.69 Å². The fourth-order valence-corrected chi connectivity index (χ4v) is 1.56. The second-order valence-electron chi connectivity index (χ2n) is 3.41. The quantitative estimate of drug-likeness (QED) is 0.743. The van der Waals surface area contributed by atoms with Gasteiger partial charge < -0.3 is 11.5 Å². The molecule has 0 saturated heterocycles. The van der Waals surface area contributed by atoms with Gasteiger partial charge in [-0.2, -0.15) is 0 Å². The van der Waals surface area contributed by atoms with Crippen molar-refractivity contribution in [1.82, 2.24) is 4.57 Å². The lowest BCUT2D eigenvalue weighted by atomic mass is 10.2. The van der Waals surface area contributed by atoms with Crippen molar-refractivity contribution in [1.29, 1.82) is 0 Å². The van der Waals surface area contributed by atoms with Crippen LogP contribution in [0.3, 0.4) is 0 Å². The molecule has 0 aromatic carbocycles. The summed E-state index contributed by atoms with van der Waals surface area (Å²) in [4.78, 5) is 22.8. The number of carbonyl (C=O) groups is 1. The molecule has 1 amide bonds. The van der Waals surface area contributed by atoms with E-state index >= 15 is 0 Å². The van der Waals surface area contributed by atoms with Gasteiger partial charge in [0.25, 0.3) is 5.56 Å². The maximum absolute atomic E-state index is 11.6. The molecule has 0 radical (unpaired) electrons. The second-order valence-corrected chi connectivity index (χ2v) is 3.41. The average molecular weight is 209 g/mol. The summed E-state index contributed by atoms with van der Waals surface area (Å²) in [6.07, 6.45) is 0.472. The third kappa shape index (κ3) is 2.01. The summed E-state index contributed by atoms with van der Waals surface area (Å²) in [7, 11) is 0. The summed E-state index contributed by atoms with van der Waals surface area (Å²) >= 11 is 0. The van der Waals surface area contributed by atoms with Crippen molar-refractivity contribution in [3.05, 3.63) is 28.2 Å². The van der Waals surface area contributed by atoms with Crippen molar-refractivity contribution in [3.63, 3.8) is 0 Å². The monoisotopic (exact) mass is 209 g/mol. The van der Waals surface area contributed by atoms with Gasteiger partial charge in [-0.3, -0.25) is 14.2 Å². The Bertz CT molecular complexity index is 437. The summed E-state index contributed by atoms with van der Waals surface area (Å²) in [5, 5.41) is 0. The highest BCUT2D eigenvalue weighted by Gasteiger charge is 2.18. The molecule has 5 nitrogen and oxygen atoms in total. The fourth-order valence-electron chi connectivity index (χ4n) is 1.56. The number of rotatable bonds is 3. The molecule has 4 N–H and O–H groups in total. The Morgan fingerprint density at radius 3 is 2.60 bits per heavy atom. The molecule has 1 aromatic rings. The third-order valence-corrected chi connectivity index (χ3v) is 2.45. The minimum absolute atomic E-state index is 0.257. The van der Waals surface area contributed by atoms with Crippen LogP contribution in [0.25, 0.3) is 0 Å². The van der Waals surface area contributed by atoms with Crippen LogP contribution >= 0.6 is 0 Å². The van der Waals surface area contributed by atoms with E-state index in [-0.39, 0.29) is 5.56 Å². The molecule has 5 heteroatoms. The Balaban J connectivity index is 3.41. The summed E-state index contributed by atoms with van der Waals surface area (Å²) in [5.74, 6) is -0.520. The number of carbonyl (C=O) groups excluding carboxylic acids is 1. The van der Waals surface area contributed by atoms with E-state index in [1.165, 1.54) is 16.7 Å². The van der Waals surface area contributed by atoms with Crippen molar-refractivity contribution in [2.24, 2.45) is 5.73 Å². The predicted octanol–water partition coefficient (Wildman–Crippen LogP) is 0.175. The van der Waals surface area contributed by atoms with Crippen LogP contribution in [0.15, 0.2) is 16.9 Å². The van der Waals surface area contributed by atoms with E-state index in [1.807, 2.05) is 0 Å². The maximum Gasteiger partial charge on any atom is 0.251 e. The summed E-state index contributed by atoms with van der Waals surface area (Å²) in [6.45, 7) is 3.49. The summed E-state index contributed by atoms with van der Waals surface area (Å²) in [5.41, 5.74) is 11.7. The van der Waals surface area contributed by atoms with Crippen molar-refractivity contribution in [2.75, 3.05) is 5.73 Å². The molecule has 0 saturated carbocycles. The van der Waals surface area contributed by atoms with E-state index in [4.69, 9.17) is 11.5 Å². The molecule has 0 aliphatic heterocycles. The maximum atomic E-state index is 11.6. The Labute approximate surface area is 87.7 Å². The first kappa shape index (κ1) is 11.3. The number of amides is 1. The molecule has 1 heterocycles. The second kappa shape index (κ2) is 4.16. The van der Waals surface area contributed by atoms with E-state index in [0.717, 1.165) is 0 Å². The first-order valence-electron chi connectivity index (χ1n) is 4.76. The highest BCUT2D eigenvalue weighted by Crippen LogP contribution is 2.14. The van der Waals surface area contributed by atoms with Crippen LogP contribution in [0.4, 0.5) is 5.69 Å². The molecule has 0 bridgehead atoms. The Kier molecular flexibility index (Phi) is 3.14. The zero-order valence-electron chi connectivity index (χ0n) is 8.86. The molecule has 15 heavy (non-hydrogen) atoms. The van der Waals surface area contributed by atoms with Crippen molar-refractivity contribution in [3.8, 4) is 0 Å². The van der Waals surface area contributed by atoms with Gasteiger partial charge in [-0.1, -0.05) is 6.92 Å². The number of aromatic nitrogens is 1. The van der Waals surface area contributed by atoms with Crippen molar-refractivity contribution in [2.45, 2.75) is 26.3 Å². The molecule has 0 aliphatic carbocycles. The third-order valence-electron chi connectivity index (χ3n) is 2.45. The highest BCUT2D eigenvalue weighted by atomic mass is 16.2. The molecule has 0 fully saturated rings. The minimum Gasteiger partial charge on any atom is -0.397 e. The topological polar surface area (TPSA) is 91.1 Å². The minimum atomic E-state index is -0.624. The number of hydrogen-bond acceptors (Lipinski definition) is 3. The van der Waals surface area contributed by atoms with Crippen LogP contribution in [-0.2, 0) is 4.79 Å². The SMILES string of the molecule is CCC(C(N)=O)n1c(C)c(N)ccc1=O. The van der Waals surface area contributed by atoms with Crippen LogP contribution in [0.5, 0.6) is 0 Å². The number of anilines is 1. The number of pyridine rings is 1. The van der Waals surface area contributed by atoms with Gasteiger partial charge >= 0.3 is 0 Å². The lowest BCUT2D eigenvalue weighted by Crippen LogP contribution is -2.34. The average Bonchev–Trinajstić information content (AvgIpc) is 2.18. The normalized spacial score (nSPS) is 12.4. The van der Waals surface area contributed by atoms with E-state index in [2.05, 4.69) is 0 Å². The summed E-state index contributed by atoms with van der Waals surface area (Å²) in [6, 6.07) is 2.25. The summed E-state index contributed by atoms with van der Waals surface area (Å²) < 4.78 is 1.34. The zero-order valence-corrected chi connectivity index (χ0v) is 8.86. The molecular formula is C10H15N3O2. The van der Waals surface area contributed by atoms with E-state index in [1.54, 1.807) is 13.8 Å². The number of nitrogens with zero attached hydrogens (tertiary/aromatic N) is 1. The standard InChI is InChI=1S/C10H15N3O2/c1-3-8(10(12)15)13-6(2)7(11)4-5-9(13)14/h4-5,8H,3,11H2,1-2H3,(H2,12,15). The molecule has 1 aromatic heterocycles. The van der Waals surface area contributed by atoms with Gasteiger partial charge in [0.1, 0.15) is 6.04 Å². The Morgan fingerprint density at radius 1 is 1.53 bits per heavy atom. The van der Waals surface area contributed by atoms with Crippen molar-refractivity contribution >= 4 is 11.6 Å². The van der Waals surface area contributed by atoms with Crippen LogP contribution in [0, 0.1) is 6.92 Å². The molecule has 0 spiro atoms. The van der Waals surface area contributed by atoms with Crippen LogP contribution in [0.1, 0.15) is 25.1 Å². The van der Waals surface area contributed by atoms with E-state index in [9.17, 15) is 9.59 Å². The lowest BCUT2D eigenvalue weighted by molar-refractivity contribution is -0.121. The number of primary amides is 1. The molecule has 0 aliphatic rings. The zero-order chi connectivity index (χ0) is 11.6. The van der Waals surface area contributed by atoms with Gasteiger partial charge in [0, 0.05) is 11.8 Å². The first-order chi connectivity index (χ1) is 6.99. The molecular weight excluding hydrogens is 194 g/mol.